The molecule has 1 nitrogen and oxygen atoms in total. The first kappa shape index (κ1) is 10.7. The van der Waals surface area contributed by atoms with Crippen molar-refractivity contribution in [1.82, 2.24) is 4.57 Å². The predicted molar refractivity (Wildman–Crippen MR) is 64.7 cm³/mol. The van der Waals surface area contributed by atoms with E-state index in [2.05, 4.69) is 34.3 Å². The average Bonchev–Trinajstić information content (AvgIpc) is 2.41. The van der Waals surface area contributed by atoms with Crippen LogP contribution in [-0.2, 0) is 0 Å². The van der Waals surface area contributed by atoms with Crippen molar-refractivity contribution >= 4 is 26.8 Å². The standard InChI is InChI=1S/C12H13BrFN/c1-7(2)15-11-5-4-9(14)6-10(11)8(3)12(15)13/h4-7H,1-3H3. The lowest BCUT2D eigenvalue weighted by Crippen LogP contribution is -2.00. The number of aryl methyl sites for hydroxylation is 1. The molecule has 0 atom stereocenters. The van der Waals surface area contributed by atoms with Crippen LogP contribution in [0.4, 0.5) is 4.39 Å². The largest absolute Gasteiger partial charge is 0.332 e. The molecule has 1 aromatic carbocycles. The molecule has 0 aliphatic carbocycles. The molecule has 0 amide bonds. The van der Waals surface area contributed by atoms with Crippen LogP contribution in [-0.4, -0.2) is 4.57 Å². The van der Waals surface area contributed by atoms with E-state index in [4.69, 9.17) is 0 Å². The highest BCUT2D eigenvalue weighted by molar-refractivity contribution is 9.10. The fourth-order valence-corrected chi connectivity index (χ4v) is 2.74. The van der Waals surface area contributed by atoms with Gasteiger partial charge in [0.1, 0.15) is 5.82 Å². The van der Waals surface area contributed by atoms with E-state index in [1.807, 2.05) is 13.0 Å². The monoisotopic (exact) mass is 269 g/mol. The van der Waals surface area contributed by atoms with Gasteiger partial charge in [-0.05, 0) is 60.5 Å². The number of nitrogens with zero attached hydrogens (tertiary/aromatic N) is 1. The van der Waals surface area contributed by atoms with Crippen LogP contribution in [0.2, 0.25) is 0 Å². The number of aromatic nitrogens is 1. The Morgan fingerprint density at radius 1 is 1.33 bits per heavy atom. The van der Waals surface area contributed by atoms with Crippen molar-refractivity contribution in [3.8, 4) is 0 Å². The van der Waals surface area contributed by atoms with Crippen molar-refractivity contribution in [1.29, 1.82) is 0 Å². The summed E-state index contributed by atoms with van der Waals surface area (Å²) in [6.45, 7) is 6.24. The Bertz CT molecular complexity index is 514. The van der Waals surface area contributed by atoms with Gasteiger partial charge in [0.2, 0.25) is 0 Å². The lowest BCUT2D eigenvalue weighted by molar-refractivity contribution is 0.608. The number of hydrogen-bond donors (Lipinski definition) is 0. The summed E-state index contributed by atoms with van der Waals surface area (Å²) in [6.07, 6.45) is 0. The Kier molecular flexibility index (Phi) is 2.59. The third-order valence-electron chi connectivity index (χ3n) is 2.66. The van der Waals surface area contributed by atoms with Gasteiger partial charge < -0.3 is 4.57 Å². The molecule has 0 spiro atoms. The van der Waals surface area contributed by atoms with Crippen molar-refractivity contribution < 1.29 is 4.39 Å². The average molecular weight is 270 g/mol. The van der Waals surface area contributed by atoms with Crippen molar-refractivity contribution in [2.75, 3.05) is 0 Å². The molecule has 0 aliphatic rings. The molecule has 2 aromatic rings. The van der Waals surface area contributed by atoms with Gasteiger partial charge in [0.05, 0.1) is 4.60 Å². The normalized spacial score (nSPS) is 11.6. The molecule has 0 saturated heterocycles. The third kappa shape index (κ3) is 1.59. The summed E-state index contributed by atoms with van der Waals surface area (Å²) >= 11 is 3.56. The highest BCUT2D eigenvalue weighted by Gasteiger charge is 2.14. The molecule has 0 aliphatic heterocycles. The first-order valence-electron chi connectivity index (χ1n) is 4.98. The van der Waals surface area contributed by atoms with E-state index in [1.165, 1.54) is 6.07 Å². The molecule has 0 saturated carbocycles. The highest BCUT2D eigenvalue weighted by atomic mass is 79.9. The quantitative estimate of drug-likeness (QED) is 0.722. The molecule has 1 aromatic heterocycles. The van der Waals surface area contributed by atoms with E-state index in [1.54, 1.807) is 6.07 Å². The summed E-state index contributed by atoms with van der Waals surface area (Å²) in [4.78, 5) is 0. The maximum atomic E-state index is 13.1. The molecular formula is C12H13BrFN. The molecule has 80 valence electrons. The third-order valence-corrected chi connectivity index (χ3v) is 3.64. The molecule has 2 rings (SSSR count). The van der Waals surface area contributed by atoms with Crippen molar-refractivity contribution in [3.05, 3.63) is 34.2 Å². The van der Waals surface area contributed by atoms with E-state index in [-0.39, 0.29) is 5.82 Å². The van der Waals surface area contributed by atoms with Crippen LogP contribution in [0.15, 0.2) is 22.8 Å². The zero-order chi connectivity index (χ0) is 11.2. The van der Waals surface area contributed by atoms with Crippen LogP contribution in [0.25, 0.3) is 10.9 Å². The van der Waals surface area contributed by atoms with Crippen LogP contribution in [0.5, 0.6) is 0 Å². The van der Waals surface area contributed by atoms with E-state index >= 15 is 0 Å². The Morgan fingerprint density at radius 3 is 2.60 bits per heavy atom. The Hall–Kier alpha value is -0.830. The molecule has 15 heavy (non-hydrogen) atoms. The van der Waals surface area contributed by atoms with E-state index in [0.717, 1.165) is 21.1 Å². The van der Waals surface area contributed by atoms with Crippen LogP contribution in [0, 0.1) is 12.7 Å². The minimum Gasteiger partial charge on any atom is -0.332 e. The number of rotatable bonds is 1. The van der Waals surface area contributed by atoms with Gasteiger partial charge >= 0.3 is 0 Å². The zero-order valence-electron chi connectivity index (χ0n) is 9.01. The lowest BCUT2D eigenvalue weighted by Gasteiger charge is -2.11. The second kappa shape index (κ2) is 3.63. The van der Waals surface area contributed by atoms with Crippen LogP contribution >= 0.6 is 15.9 Å². The molecule has 0 bridgehead atoms. The van der Waals surface area contributed by atoms with Gasteiger partial charge in [-0.15, -0.1) is 0 Å². The SMILES string of the molecule is Cc1c(Br)n(C(C)C)c2ccc(F)cc12. The second-order valence-electron chi connectivity index (χ2n) is 4.04. The van der Waals surface area contributed by atoms with Crippen molar-refractivity contribution in [3.63, 3.8) is 0 Å². The summed E-state index contributed by atoms with van der Waals surface area (Å²) in [5.41, 5.74) is 2.17. The fourth-order valence-electron chi connectivity index (χ4n) is 1.92. The number of halogens is 2. The number of hydrogen-bond acceptors (Lipinski definition) is 0. The van der Waals surface area contributed by atoms with E-state index in [9.17, 15) is 4.39 Å². The summed E-state index contributed by atoms with van der Waals surface area (Å²) in [6, 6.07) is 5.30. The molecule has 3 heteroatoms. The summed E-state index contributed by atoms with van der Waals surface area (Å²) in [5.74, 6) is -0.181. The number of benzene rings is 1. The minimum atomic E-state index is -0.181. The molecule has 0 unspecified atom stereocenters. The number of fused-ring (bicyclic) bond motifs is 1. The first-order valence-corrected chi connectivity index (χ1v) is 5.77. The Balaban J connectivity index is 2.87. The molecular weight excluding hydrogens is 257 g/mol. The summed E-state index contributed by atoms with van der Waals surface area (Å²) < 4.78 is 16.3. The van der Waals surface area contributed by atoms with Gasteiger partial charge in [0.25, 0.3) is 0 Å². The van der Waals surface area contributed by atoms with Gasteiger partial charge in [-0.1, -0.05) is 0 Å². The van der Waals surface area contributed by atoms with Gasteiger partial charge in [-0.2, -0.15) is 0 Å². The molecule has 0 N–H and O–H groups in total. The molecule has 0 fully saturated rings. The van der Waals surface area contributed by atoms with Crippen molar-refractivity contribution in [2.24, 2.45) is 0 Å². The van der Waals surface area contributed by atoms with Crippen LogP contribution in [0.3, 0.4) is 0 Å². The Labute approximate surface area is 97.0 Å². The van der Waals surface area contributed by atoms with Gasteiger partial charge in [-0.3, -0.25) is 0 Å². The minimum absolute atomic E-state index is 0.181. The topological polar surface area (TPSA) is 4.93 Å². The molecule has 0 radical (unpaired) electrons. The predicted octanol–water partition coefficient (Wildman–Crippen LogP) is 4.43. The highest BCUT2D eigenvalue weighted by Crippen LogP contribution is 2.32. The molecule has 1 heterocycles. The maximum Gasteiger partial charge on any atom is 0.123 e. The zero-order valence-corrected chi connectivity index (χ0v) is 10.6. The van der Waals surface area contributed by atoms with Crippen LogP contribution in [0.1, 0.15) is 25.5 Å². The maximum absolute atomic E-state index is 13.1. The smallest absolute Gasteiger partial charge is 0.123 e. The lowest BCUT2D eigenvalue weighted by atomic mass is 10.2. The Morgan fingerprint density at radius 2 is 2.00 bits per heavy atom. The summed E-state index contributed by atoms with van der Waals surface area (Å²) in [5, 5.41) is 0.982. The summed E-state index contributed by atoms with van der Waals surface area (Å²) in [7, 11) is 0. The van der Waals surface area contributed by atoms with Crippen molar-refractivity contribution in [2.45, 2.75) is 26.8 Å². The van der Waals surface area contributed by atoms with E-state index in [0.29, 0.717) is 6.04 Å². The second-order valence-corrected chi connectivity index (χ2v) is 4.79. The van der Waals surface area contributed by atoms with E-state index < -0.39 is 0 Å². The first-order chi connectivity index (χ1) is 7.02. The van der Waals surface area contributed by atoms with Crippen LogP contribution < -0.4 is 0 Å². The van der Waals surface area contributed by atoms with Gasteiger partial charge in [0.15, 0.2) is 0 Å². The van der Waals surface area contributed by atoms with Gasteiger partial charge in [0, 0.05) is 16.9 Å². The van der Waals surface area contributed by atoms with Gasteiger partial charge in [-0.25, -0.2) is 4.39 Å². The fraction of sp³-hybridized carbons (Fsp3) is 0.333.